The van der Waals surface area contributed by atoms with Crippen LogP contribution in [0.5, 0.6) is 0 Å². The van der Waals surface area contributed by atoms with Crippen LogP contribution in [0.15, 0.2) is 54.6 Å². The highest BCUT2D eigenvalue weighted by molar-refractivity contribution is 7.89. The SMILES string of the molecule is Cc1sc(N(CCc2cccc(F)c2)Cc2ccccc2)nc1C(=O)NS(C)(=O)=O. The van der Waals surface area contributed by atoms with Crippen molar-refractivity contribution in [2.75, 3.05) is 17.7 Å². The van der Waals surface area contributed by atoms with Gasteiger partial charge < -0.3 is 4.90 Å². The first kappa shape index (κ1) is 21.9. The minimum atomic E-state index is -3.68. The zero-order valence-corrected chi connectivity index (χ0v) is 18.3. The third kappa shape index (κ3) is 6.11. The van der Waals surface area contributed by atoms with E-state index in [1.165, 1.54) is 23.5 Å². The van der Waals surface area contributed by atoms with Crippen molar-refractivity contribution in [3.63, 3.8) is 0 Å². The summed E-state index contributed by atoms with van der Waals surface area (Å²) in [7, 11) is -3.68. The molecule has 30 heavy (non-hydrogen) atoms. The summed E-state index contributed by atoms with van der Waals surface area (Å²) in [5.41, 5.74) is 2.01. The monoisotopic (exact) mass is 447 g/mol. The van der Waals surface area contributed by atoms with Crippen LogP contribution < -0.4 is 9.62 Å². The number of amides is 1. The Balaban J connectivity index is 1.85. The molecule has 158 valence electrons. The fourth-order valence-corrected chi connectivity index (χ4v) is 4.31. The van der Waals surface area contributed by atoms with E-state index in [1.807, 2.05) is 46.0 Å². The molecule has 1 N–H and O–H groups in total. The van der Waals surface area contributed by atoms with Gasteiger partial charge in [0.15, 0.2) is 5.13 Å². The highest BCUT2D eigenvalue weighted by Crippen LogP contribution is 2.27. The summed E-state index contributed by atoms with van der Waals surface area (Å²) in [6, 6.07) is 16.2. The van der Waals surface area contributed by atoms with Gasteiger partial charge in [-0.3, -0.25) is 4.79 Å². The molecular formula is C21H22FN3O3S2. The van der Waals surface area contributed by atoms with Gasteiger partial charge >= 0.3 is 0 Å². The number of carbonyl (C=O) groups excluding carboxylic acids is 1. The lowest BCUT2D eigenvalue weighted by atomic mass is 10.1. The lowest BCUT2D eigenvalue weighted by molar-refractivity contribution is 0.0977. The van der Waals surface area contributed by atoms with Gasteiger partial charge in [0.25, 0.3) is 5.91 Å². The van der Waals surface area contributed by atoms with E-state index in [0.717, 1.165) is 17.4 Å². The van der Waals surface area contributed by atoms with Gasteiger partial charge in [0, 0.05) is 18.0 Å². The molecule has 0 aliphatic heterocycles. The minimum Gasteiger partial charge on any atom is -0.343 e. The molecule has 1 aromatic heterocycles. The van der Waals surface area contributed by atoms with Crippen LogP contribution in [0, 0.1) is 12.7 Å². The molecule has 1 heterocycles. The maximum atomic E-state index is 13.5. The number of hydrogen-bond donors (Lipinski definition) is 1. The molecule has 0 saturated carbocycles. The summed E-state index contributed by atoms with van der Waals surface area (Å²) >= 11 is 1.32. The number of anilines is 1. The molecule has 0 aliphatic rings. The molecule has 0 spiro atoms. The largest absolute Gasteiger partial charge is 0.343 e. The first-order chi connectivity index (χ1) is 14.2. The highest BCUT2D eigenvalue weighted by Gasteiger charge is 2.21. The van der Waals surface area contributed by atoms with Gasteiger partial charge in [-0.15, -0.1) is 11.3 Å². The van der Waals surface area contributed by atoms with E-state index < -0.39 is 15.9 Å². The van der Waals surface area contributed by atoms with E-state index in [4.69, 9.17) is 0 Å². The quantitative estimate of drug-likeness (QED) is 0.572. The highest BCUT2D eigenvalue weighted by atomic mass is 32.2. The van der Waals surface area contributed by atoms with E-state index in [2.05, 4.69) is 4.98 Å². The first-order valence-electron chi connectivity index (χ1n) is 9.24. The van der Waals surface area contributed by atoms with Crippen molar-refractivity contribution in [2.45, 2.75) is 19.9 Å². The lowest BCUT2D eigenvalue weighted by Gasteiger charge is -2.22. The molecule has 6 nitrogen and oxygen atoms in total. The van der Waals surface area contributed by atoms with E-state index in [9.17, 15) is 17.6 Å². The summed E-state index contributed by atoms with van der Waals surface area (Å²) in [5, 5.41) is 0.603. The van der Waals surface area contributed by atoms with E-state index in [1.54, 1.807) is 13.0 Å². The van der Waals surface area contributed by atoms with Crippen LogP contribution in [0.1, 0.15) is 26.5 Å². The van der Waals surface area contributed by atoms with Crippen molar-refractivity contribution in [2.24, 2.45) is 0 Å². The number of hydrogen-bond acceptors (Lipinski definition) is 6. The van der Waals surface area contributed by atoms with Gasteiger partial charge in [-0.25, -0.2) is 22.5 Å². The van der Waals surface area contributed by atoms with Gasteiger partial charge in [0.2, 0.25) is 10.0 Å². The lowest BCUT2D eigenvalue weighted by Crippen LogP contribution is -2.30. The van der Waals surface area contributed by atoms with Crippen LogP contribution in [0.3, 0.4) is 0 Å². The summed E-state index contributed by atoms with van der Waals surface area (Å²) in [6.07, 6.45) is 1.52. The van der Waals surface area contributed by atoms with Gasteiger partial charge in [0.05, 0.1) is 6.26 Å². The Hall–Kier alpha value is -2.78. The number of thiazole rings is 1. The Kier molecular flexibility index (Phi) is 6.84. The summed E-state index contributed by atoms with van der Waals surface area (Å²) in [5.74, 6) is -1.03. The molecule has 3 aromatic rings. The minimum absolute atomic E-state index is 0.0873. The van der Waals surface area contributed by atoms with Gasteiger partial charge in [-0.05, 0) is 36.6 Å². The first-order valence-corrected chi connectivity index (χ1v) is 11.9. The van der Waals surface area contributed by atoms with E-state index >= 15 is 0 Å². The van der Waals surface area contributed by atoms with Crippen LogP contribution in [0.25, 0.3) is 0 Å². The predicted octanol–water partition coefficient (Wildman–Crippen LogP) is 3.53. The molecule has 2 aromatic carbocycles. The topological polar surface area (TPSA) is 79.4 Å². The number of carbonyl (C=O) groups is 1. The number of aromatic nitrogens is 1. The second-order valence-corrected chi connectivity index (χ2v) is 9.82. The molecule has 0 atom stereocenters. The van der Waals surface area contributed by atoms with E-state index in [-0.39, 0.29) is 11.5 Å². The van der Waals surface area contributed by atoms with E-state index in [0.29, 0.717) is 29.5 Å². The molecule has 0 saturated heterocycles. The molecule has 1 amide bonds. The number of benzene rings is 2. The number of rotatable bonds is 8. The smallest absolute Gasteiger partial charge is 0.284 e. The molecule has 0 fully saturated rings. The number of nitrogens with zero attached hydrogens (tertiary/aromatic N) is 2. The predicted molar refractivity (Wildman–Crippen MR) is 117 cm³/mol. The molecule has 9 heteroatoms. The Morgan fingerprint density at radius 1 is 1.13 bits per heavy atom. The molecule has 3 rings (SSSR count). The second-order valence-electron chi connectivity index (χ2n) is 6.89. The summed E-state index contributed by atoms with van der Waals surface area (Å²) in [4.78, 5) is 19.3. The van der Waals surface area contributed by atoms with Gasteiger partial charge in [-0.2, -0.15) is 0 Å². The number of nitrogens with one attached hydrogen (secondary N) is 1. The zero-order valence-electron chi connectivity index (χ0n) is 16.6. The normalized spacial score (nSPS) is 11.3. The van der Waals surface area contributed by atoms with Crippen molar-refractivity contribution in [3.8, 4) is 0 Å². The third-order valence-corrected chi connectivity index (χ3v) is 5.91. The molecule has 0 radical (unpaired) electrons. The Morgan fingerprint density at radius 2 is 1.83 bits per heavy atom. The Bertz CT molecular complexity index is 1130. The fourth-order valence-electron chi connectivity index (χ4n) is 2.95. The van der Waals surface area contributed by atoms with Crippen molar-refractivity contribution in [1.82, 2.24) is 9.71 Å². The number of sulfonamides is 1. The third-order valence-electron chi connectivity index (χ3n) is 4.32. The van der Waals surface area contributed by atoms with Crippen molar-refractivity contribution in [3.05, 3.63) is 82.1 Å². The Morgan fingerprint density at radius 3 is 2.50 bits per heavy atom. The maximum Gasteiger partial charge on any atom is 0.284 e. The van der Waals surface area contributed by atoms with Crippen LogP contribution in [-0.4, -0.2) is 32.1 Å². The zero-order chi connectivity index (χ0) is 21.7. The van der Waals surface area contributed by atoms with Crippen LogP contribution in [0.2, 0.25) is 0 Å². The van der Waals surface area contributed by atoms with Crippen molar-refractivity contribution in [1.29, 1.82) is 0 Å². The average Bonchev–Trinajstić information content (AvgIpc) is 3.06. The standard InChI is InChI=1S/C21H22FN3O3S2/c1-15-19(20(26)24-30(2,27)28)23-21(29-15)25(14-17-7-4-3-5-8-17)12-11-16-9-6-10-18(22)13-16/h3-10,13H,11-12,14H2,1-2H3,(H,24,26). The van der Waals surface area contributed by atoms with Gasteiger partial charge in [-0.1, -0.05) is 42.5 Å². The fraction of sp³-hybridized carbons (Fsp3) is 0.238. The van der Waals surface area contributed by atoms with Crippen molar-refractivity contribution < 1.29 is 17.6 Å². The maximum absolute atomic E-state index is 13.5. The number of halogens is 1. The summed E-state index contributed by atoms with van der Waals surface area (Å²) in [6.45, 7) is 2.83. The molecule has 0 bridgehead atoms. The number of aryl methyl sites for hydroxylation is 1. The molecule has 0 aliphatic carbocycles. The summed E-state index contributed by atoms with van der Waals surface area (Å²) < 4.78 is 38.3. The molecular weight excluding hydrogens is 425 g/mol. The van der Waals surface area contributed by atoms with Crippen LogP contribution in [-0.2, 0) is 23.0 Å². The Labute approximate surface area is 179 Å². The second kappa shape index (κ2) is 9.36. The van der Waals surface area contributed by atoms with Crippen molar-refractivity contribution >= 4 is 32.4 Å². The van der Waals surface area contributed by atoms with Crippen LogP contribution >= 0.6 is 11.3 Å². The molecule has 0 unspecified atom stereocenters. The van der Waals surface area contributed by atoms with Gasteiger partial charge in [0.1, 0.15) is 11.5 Å². The average molecular weight is 448 g/mol. The van der Waals surface area contributed by atoms with Crippen LogP contribution in [0.4, 0.5) is 9.52 Å².